The van der Waals surface area contributed by atoms with Gasteiger partial charge in [-0.2, -0.15) is 0 Å². The normalized spacial score (nSPS) is 17.6. The molecule has 1 aliphatic heterocycles. The number of amides is 1. The van der Waals surface area contributed by atoms with E-state index >= 15 is 0 Å². The van der Waals surface area contributed by atoms with Gasteiger partial charge in [0.05, 0.1) is 0 Å². The van der Waals surface area contributed by atoms with Crippen molar-refractivity contribution in [1.82, 2.24) is 10.2 Å². The number of nitrogens with zero attached hydrogens (tertiary/aromatic N) is 1. The lowest BCUT2D eigenvalue weighted by atomic mass is 10.1. The molecule has 0 saturated carbocycles. The zero-order chi connectivity index (χ0) is 14.4. The van der Waals surface area contributed by atoms with Gasteiger partial charge in [0.2, 0.25) is 5.91 Å². The summed E-state index contributed by atoms with van der Waals surface area (Å²) in [5, 5.41) is 3.19. The summed E-state index contributed by atoms with van der Waals surface area (Å²) in [5.41, 5.74) is 2.62. The van der Waals surface area contributed by atoms with Crippen molar-refractivity contribution in [3.05, 3.63) is 35.4 Å². The van der Waals surface area contributed by atoms with Gasteiger partial charge in [-0.15, -0.1) is 12.4 Å². The Bertz CT molecular complexity index is 433. The highest BCUT2D eigenvalue weighted by atomic mass is 35.5. The van der Waals surface area contributed by atoms with Gasteiger partial charge in [-0.05, 0) is 45.2 Å². The van der Waals surface area contributed by atoms with Crippen molar-refractivity contribution in [2.24, 2.45) is 0 Å². The van der Waals surface area contributed by atoms with Gasteiger partial charge >= 0.3 is 0 Å². The minimum absolute atomic E-state index is 0. The summed E-state index contributed by atoms with van der Waals surface area (Å²) in [6.07, 6.45) is 4.91. The van der Waals surface area contributed by atoms with Crippen molar-refractivity contribution in [3.63, 3.8) is 0 Å². The van der Waals surface area contributed by atoms with Gasteiger partial charge in [0.25, 0.3) is 0 Å². The van der Waals surface area contributed by atoms with Crippen LogP contribution in [0.1, 0.15) is 36.8 Å². The molecule has 118 valence electrons. The second kappa shape index (κ2) is 9.06. The Morgan fingerprint density at radius 2 is 2.05 bits per heavy atom. The van der Waals surface area contributed by atoms with Crippen LogP contribution in [0.15, 0.2) is 24.3 Å². The minimum atomic E-state index is 0. The average Bonchev–Trinajstić information content (AvgIpc) is 2.90. The molecule has 0 aromatic heterocycles. The lowest BCUT2D eigenvalue weighted by Crippen LogP contribution is -2.40. The number of rotatable bonds is 6. The molecule has 0 bridgehead atoms. The van der Waals surface area contributed by atoms with Crippen molar-refractivity contribution < 1.29 is 4.79 Å². The van der Waals surface area contributed by atoms with E-state index in [1.54, 1.807) is 0 Å². The van der Waals surface area contributed by atoms with Crippen LogP contribution in [0.5, 0.6) is 0 Å². The van der Waals surface area contributed by atoms with Crippen molar-refractivity contribution in [3.8, 4) is 0 Å². The molecule has 1 aliphatic rings. The zero-order valence-electron chi connectivity index (χ0n) is 13.1. The summed E-state index contributed by atoms with van der Waals surface area (Å²) < 4.78 is 0. The van der Waals surface area contributed by atoms with Crippen LogP contribution in [0, 0.1) is 6.92 Å². The first-order valence-electron chi connectivity index (χ1n) is 7.70. The summed E-state index contributed by atoms with van der Waals surface area (Å²) in [4.78, 5) is 14.3. The summed E-state index contributed by atoms with van der Waals surface area (Å²) in [5.74, 6) is 0.329. The molecule has 1 aromatic rings. The maximum Gasteiger partial charge on any atom is 0.222 e. The van der Waals surface area contributed by atoms with Crippen LogP contribution in [0.4, 0.5) is 0 Å². The maximum absolute atomic E-state index is 12.3. The van der Waals surface area contributed by atoms with Gasteiger partial charge in [0, 0.05) is 25.6 Å². The molecule has 21 heavy (non-hydrogen) atoms. The van der Waals surface area contributed by atoms with E-state index in [1.165, 1.54) is 11.1 Å². The van der Waals surface area contributed by atoms with E-state index in [0.29, 0.717) is 18.4 Å². The first-order chi connectivity index (χ1) is 9.70. The summed E-state index contributed by atoms with van der Waals surface area (Å²) in [6, 6.07) is 9.02. The molecule has 1 heterocycles. The second-order valence-corrected chi connectivity index (χ2v) is 5.78. The van der Waals surface area contributed by atoms with Crippen LogP contribution < -0.4 is 5.32 Å². The van der Waals surface area contributed by atoms with Crippen LogP contribution in [0.3, 0.4) is 0 Å². The van der Waals surface area contributed by atoms with Crippen LogP contribution in [0.25, 0.3) is 0 Å². The molecule has 0 aliphatic carbocycles. The first-order valence-corrected chi connectivity index (χ1v) is 7.70. The number of benzene rings is 1. The molecule has 1 amide bonds. The Morgan fingerprint density at radius 1 is 1.33 bits per heavy atom. The molecule has 0 spiro atoms. The monoisotopic (exact) mass is 310 g/mol. The van der Waals surface area contributed by atoms with Gasteiger partial charge in [-0.1, -0.05) is 29.8 Å². The number of nitrogens with one attached hydrogen (secondary N) is 1. The number of halogens is 1. The van der Waals surface area contributed by atoms with Gasteiger partial charge < -0.3 is 10.2 Å². The third-order valence-corrected chi connectivity index (χ3v) is 4.11. The predicted octanol–water partition coefficient (Wildman–Crippen LogP) is 2.95. The molecular formula is C17H27ClN2O. The third kappa shape index (κ3) is 5.33. The Balaban J connectivity index is 0.00000220. The summed E-state index contributed by atoms with van der Waals surface area (Å²) >= 11 is 0. The summed E-state index contributed by atoms with van der Waals surface area (Å²) in [6.45, 7) is 3.96. The minimum Gasteiger partial charge on any atom is -0.338 e. The molecule has 1 unspecified atom stereocenters. The van der Waals surface area contributed by atoms with Gasteiger partial charge in [0.1, 0.15) is 0 Å². The number of likely N-dealkylation sites (tertiary alicyclic amines) is 1. The quantitative estimate of drug-likeness (QED) is 0.876. The fourth-order valence-electron chi connectivity index (χ4n) is 2.95. The Labute approximate surface area is 134 Å². The predicted molar refractivity (Wildman–Crippen MR) is 90.0 cm³/mol. The molecule has 1 fully saturated rings. The van der Waals surface area contributed by atoms with Crippen LogP contribution >= 0.6 is 12.4 Å². The van der Waals surface area contributed by atoms with Crippen LogP contribution in [-0.4, -0.2) is 37.0 Å². The maximum atomic E-state index is 12.3. The Morgan fingerprint density at radius 3 is 2.71 bits per heavy atom. The molecule has 3 nitrogen and oxygen atoms in total. The average molecular weight is 311 g/mol. The van der Waals surface area contributed by atoms with E-state index < -0.39 is 0 Å². The zero-order valence-corrected chi connectivity index (χ0v) is 13.9. The van der Waals surface area contributed by atoms with Gasteiger partial charge in [-0.25, -0.2) is 0 Å². The topological polar surface area (TPSA) is 32.3 Å². The van der Waals surface area contributed by atoms with E-state index in [1.807, 2.05) is 7.05 Å². The molecule has 1 saturated heterocycles. The second-order valence-electron chi connectivity index (χ2n) is 5.78. The number of hydrogen-bond donors (Lipinski definition) is 1. The molecule has 1 atom stereocenters. The number of aryl methyl sites for hydroxylation is 2. The molecule has 4 heteroatoms. The summed E-state index contributed by atoms with van der Waals surface area (Å²) in [7, 11) is 1.96. The fourth-order valence-corrected chi connectivity index (χ4v) is 2.95. The lowest BCUT2D eigenvalue weighted by molar-refractivity contribution is -0.132. The van der Waals surface area contributed by atoms with E-state index in [9.17, 15) is 4.79 Å². The van der Waals surface area contributed by atoms with Crippen molar-refractivity contribution in [2.75, 3.05) is 20.1 Å². The number of hydrogen-bond acceptors (Lipinski definition) is 2. The van der Waals surface area contributed by atoms with Gasteiger partial charge in [-0.3, -0.25) is 4.79 Å². The standard InChI is InChI=1S/C17H26N2O.ClH/c1-14-8-10-15(11-9-14)5-3-7-17(20)19-12-4-6-16(19)13-18-2;/h8-11,16,18H,3-7,12-13H2,1-2H3;1H. The third-order valence-electron chi connectivity index (χ3n) is 4.11. The Kier molecular flexibility index (Phi) is 7.76. The van der Waals surface area contributed by atoms with E-state index in [2.05, 4.69) is 41.4 Å². The van der Waals surface area contributed by atoms with Crippen LogP contribution in [-0.2, 0) is 11.2 Å². The molecule has 1 N–H and O–H groups in total. The first kappa shape index (κ1) is 18.0. The lowest BCUT2D eigenvalue weighted by Gasteiger charge is -2.24. The molecule has 2 rings (SSSR count). The molecule has 1 aromatic carbocycles. The smallest absolute Gasteiger partial charge is 0.222 e. The number of likely N-dealkylation sites (N-methyl/N-ethyl adjacent to an activating group) is 1. The van der Waals surface area contributed by atoms with E-state index in [-0.39, 0.29) is 12.4 Å². The molecular weight excluding hydrogens is 284 g/mol. The van der Waals surface area contributed by atoms with Crippen LogP contribution in [0.2, 0.25) is 0 Å². The Hall–Kier alpha value is -1.06. The van der Waals surface area contributed by atoms with Crippen molar-refractivity contribution in [1.29, 1.82) is 0 Å². The van der Waals surface area contributed by atoms with Crippen molar-refractivity contribution >= 4 is 18.3 Å². The van der Waals surface area contributed by atoms with Crippen molar-refractivity contribution in [2.45, 2.75) is 45.1 Å². The highest BCUT2D eigenvalue weighted by Crippen LogP contribution is 2.18. The largest absolute Gasteiger partial charge is 0.338 e. The fraction of sp³-hybridized carbons (Fsp3) is 0.588. The van der Waals surface area contributed by atoms with E-state index in [4.69, 9.17) is 0 Å². The number of carbonyl (C=O) groups excluding carboxylic acids is 1. The van der Waals surface area contributed by atoms with Gasteiger partial charge in [0.15, 0.2) is 0 Å². The molecule has 0 radical (unpaired) electrons. The van der Waals surface area contributed by atoms with E-state index in [0.717, 1.165) is 38.8 Å². The number of carbonyl (C=O) groups is 1. The highest BCUT2D eigenvalue weighted by Gasteiger charge is 2.27. The SMILES string of the molecule is CNCC1CCCN1C(=O)CCCc1ccc(C)cc1.Cl. The highest BCUT2D eigenvalue weighted by molar-refractivity contribution is 5.85.